The molecule has 1 aromatic rings. The van der Waals surface area contributed by atoms with Crippen molar-refractivity contribution in [1.29, 1.82) is 0 Å². The van der Waals surface area contributed by atoms with Crippen LogP contribution in [0.3, 0.4) is 0 Å². The number of thioether (sulfide) groups is 1. The van der Waals surface area contributed by atoms with Gasteiger partial charge in [0.05, 0.1) is 11.7 Å². The lowest BCUT2D eigenvalue weighted by Gasteiger charge is -2.08. The topological polar surface area (TPSA) is 65.2 Å². The molecular formula is C10H12N2O2S. The van der Waals surface area contributed by atoms with Crippen LogP contribution < -0.4 is 10.5 Å². The number of amides is 1. The standard InChI is InChI=1S/C10H12N2O2S/c1-15-10-8(14-7-2-3-7)4-6(5-12-10)9(11)13/h4-5,7H,2-3H2,1H3,(H2,11,13). The van der Waals surface area contributed by atoms with E-state index in [9.17, 15) is 4.79 Å². The van der Waals surface area contributed by atoms with Crippen LogP contribution in [0, 0.1) is 0 Å². The summed E-state index contributed by atoms with van der Waals surface area (Å²) >= 11 is 1.50. The van der Waals surface area contributed by atoms with Gasteiger partial charge >= 0.3 is 0 Å². The van der Waals surface area contributed by atoms with E-state index in [1.165, 1.54) is 18.0 Å². The molecule has 1 fully saturated rings. The molecule has 1 saturated carbocycles. The van der Waals surface area contributed by atoms with Crippen molar-refractivity contribution in [2.45, 2.75) is 24.0 Å². The Morgan fingerprint density at radius 1 is 1.67 bits per heavy atom. The van der Waals surface area contributed by atoms with Gasteiger partial charge in [0.25, 0.3) is 0 Å². The summed E-state index contributed by atoms with van der Waals surface area (Å²) in [5.41, 5.74) is 5.57. The van der Waals surface area contributed by atoms with Crippen LogP contribution in [0.1, 0.15) is 23.2 Å². The van der Waals surface area contributed by atoms with Gasteiger partial charge in [0.2, 0.25) is 5.91 Å². The minimum Gasteiger partial charge on any atom is -0.488 e. The maximum absolute atomic E-state index is 11.0. The molecule has 1 aromatic heterocycles. The number of aromatic nitrogens is 1. The van der Waals surface area contributed by atoms with Crippen LogP contribution >= 0.6 is 11.8 Å². The Balaban J connectivity index is 2.28. The van der Waals surface area contributed by atoms with Crippen molar-refractivity contribution in [1.82, 2.24) is 4.98 Å². The molecule has 0 aliphatic heterocycles. The molecule has 2 N–H and O–H groups in total. The Bertz CT molecular complexity index is 391. The van der Waals surface area contributed by atoms with Crippen molar-refractivity contribution in [2.24, 2.45) is 5.73 Å². The average Bonchev–Trinajstić information content (AvgIpc) is 3.01. The zero-order chi connectivity index (χ0) is 10.8. The molecular weight excluding hydrogens is 212 g/mol. The van der Waals surface area contributed by atoms with Gasteiger partial charge in [-0.15, -0.1) is 11.8 Å². The third kappa shape index (κ3) is 2.41. The van der Waals surface area contributed by atoms with Gasteiger partial charge in [0, 0.05) is 6.20 Å². The fraction of sp³-hybridized carbons (Fsp3) is 0.400. The van der Waals surface area contributed by atoms with Gasteiger partial charge in [-0.3, -0.25) is 4.79 Å². The first-order valence-electron chi connectivity index (χ1n) is 4.71. The molecule has 0 saturated heterocycles. The molecule has 2 rings (SSSR count). The van der Waals surface area contributed by atoms with Crippen molar-refractivity contribution < 1.29 is 9.53 Å². The van der Waals surface area contributed by atoms with Crippen LogP contribution in [0.4, 0.5) is 0 Å². The van der Waals surface area contributed by atoms with Crippen LogP contribution in [-0.2, 0) is 0 Å². The van der Waals surface area contributed by atoms with E-state index in [4.69, 9.17) is 10.5 Å². The number of hydrogen-bond donors (Lipinski definition) is 1. The highest BCUT2D eigenvalue weighted by molar-refractivity contribution is 7.98. The summed E-state index contributed by atoms with van der Waals surface area (Å²) in [5, 5.41) is 0.798. The molecule has 0 bridgehead atoms. The molecule has 0 unspecified atom stereocenters. The molecule has 0 spiro atoms. The molecule has 1 heterocycles. The third-order valence-electron chi connectivity index (χ3n) is 2.11. The third-order valence-corrected chi connectivity index (χ3v) is 2.81. The normalized spacial score (nSPS) is 15.0. The second kappa shape index (κ2) is 4.10. The van der Waals surface area contributed by atoms with E-state index in [1.54, 1.807) is 6.07 Å². The first-order chi connectivity index (χ1) is 7.20. The van der Waals surface area contributed by atoms with E-state index >= 15 is 0 Å². The molecule has 1 aliphatic rings. The molecule has 4 nitrogen and oxygen atoms in total. The Labute approximate surface area is 92.2 Å². The minimum atomic E-state index is -0.476. The zero-order valence-corrected chi connectivity index (χ0v) is 9.21. The van der Waals surface area contributed by atoms with Crippen molar-refractivity contribution in [2.75, 3.05) is 6.26 Å². The van der Waals surface area contributed by atoms with Crippen LogP contribution in [0.5, 0.6) is 5.75 Å². The van der Waals surface area contributed by atoms with Crippen molar-refractivity contribution >= 4 is 17.7 Å². The first kappa shape index (κ1) is 10.3. The number of nitrogens with two attached hydrogens (primary N) is 1. The predicted octanol–water partition coefficient (Wildman–Crippen LogP) is 1.44. The highest BCUT2D eigenvalue weighted by atomic mass is 32.2. The van der Waals surface area contributed by atoms with E-state index in [1.807, 2.05) is 6.26 Å². The van der Waals surface area contributed by atoms with Gasteiger partial charge in [0.15, 0.2) is 5.75 Å². The number of carbonyl (C=O) groups excluding carboxylic acids is 1. The zero-order valence-electron chi connectivity index (χ0n) is 8.40. The summed E-state index contributed by atoms with van der Waals surface area (Å²) in [7, 11) is 0. The maximum atomic E-state index is 11.0. The summed E-state index contributed by atoms with van der Waals surface area (Å²) in [4.78, 5) is 15.1. The lowest BCUT2D eigenvalue weighted by molar-refractivity contribution is 0.0999. The summed E-state index contributed by atoms with van der Waals surface area (Å²) in [6.07, 6.45) is 5.85. The van der Waals surface area contributed by atoms with E-state index in [2.05, 4.69) is 4.98 Å². The van der Waals surface area contributed by atoms with Gasteiger partial charge in [-0.1, -0.05) is 0 Å². The van der Waals surface area contributed by atoms with Gasteiger partial charge < -0.3 is 10.5 Å². The molecule has 0 aromatic carbocycles. The van der Waals surface area contributed by atoms with E-state index in [0.717, 1.165) is 17.9 Å². The van der Waals surface area contributed by atoms with Crippen molar-refractivity contribution in [3.8, 4) is 5.75 Å². The number of hydrogen-bond acceptors (Lipinski definition) is 4. The molecule has 15 heavy (non-hydrogen) atoms. The molecule has 0 atom stereocenters. The Morgan fingerprint density at radius 3 is 2.93 bits per heavy atom. The van der Waals surface area contributed by atoms with Gasteiger partial charge in [0.1, 0.15) is 5.03 Å². The number of carbonyl (C=O) groups is 1. The quantitative estimate of drug-likeness (QED) is 0.786. The smallest absolute Gasteiger partial charge is 0.250 e. The van der Waals surface area contributed by atoms with E-state index < -0.39 is 5.91 Å². The van der Waals surface area contributed by atoms with Crippen LogP contribution in [0.15, 0.2) is 17.3 Å². The van der Waals surface area contributed by atoms with Crippen molar-refractivity contribution in [3.05, 3.63) is 17.8 Å². The lowest BCUT2D eigenvalue weighted by atomic mass is 10.2. The van der Waals surface area contributed by atoms with Gasteiger partial charge in [-0.05, 0) is 25.2 Å². The molecule has 1 aliphatic carbocycles. The first-order valence-corrected chi connectivity index (χ1v) is 5.93. The van der Waals surface area contributed by atoms with E-state index in [-0.39, 0.29) is 0 Å². The molecule has 1 amide bonds. The maximum Gasteiger partial charge on any atom is 0.250 e. The summed E-state index contributed by atoms with van der Waals surface area (Å²) in [5.74, 6) is 0.192. The Morgan fingerprint density at radius 2 is 2.40 bits per heavy atom. The largest absolute Gasteiger partial charge is 0.488 e. The molecule has 5 heteroatoms. The number of primary amides is 1. The number of rotatable bonds is 4. The van der Waals surface area contributed by atoms with Crippen LogP contribution in [0.2, 0.25) is 0 Å². The summed E-state index contributed by atoms with van der Waals surface area (Å²) in [6.45, 7) is 0. The monoisotopic (exact) mass is 224 g/mol. The Hall–Kier alpha value is -1.23. The highest BCUT2D eigenvalue weighted by Gasteiger charge is 2.25. The average molecular weight is 224 g/mol. The van der Waals surface area contributed by atoms with Crippen LogP contribution in [-0.4, -0.2) is 23.3 Å². The number of nitrogens with zero attached hydrogens (tertiary/aromatic N) is 1. The van der Waals surface area contributed by atoms with Crippen molar-refractivity contribution in [3.63, 3.8) is 0 Å². The molecule has 80 valence electrons. The van der Waals surface area contributed by atoms with Gasteiger partial charge in [-0.25, -0.2) is 4.98 Å². The minimum absolute atomic E-state index is 0.292. The second-order valence-corrected chi connectivity index (χ2v) is 4.21. The summed E-state index contributed by atoms with van der Waals surface area (Å²) < 4.78 is 5.65. The van der Waals surface area contributed by atoms with E-state index in [0.29, 0.717) is 17.4 Å². The fourth-order valence-electron chi connectivity index (χ4n) is 1.17. The second-order valence-electron chi connectivity index (χ2n) is 3.41. The predicted molar refractivity (Wildman–Crippen MR) is 58.2 cm³/mol. The summed E-state index contributed by atoms with van der Waals surface area (Å²) in [6, 6.07) is 1.67. The Kier molecular flexibility index (Phi) is 2.81. The SMILES string of the molecule is CSc1ncc(C(N)=O)cc1OC1CC1. The highest BCUT2D eigenvalue weighted by Crippen LogP contribution is 2.32. The number of pyridine rings is 1. The van der Waals surface area contributed by atoms with Crippen LogP contribution in [0.25, 0.3) is 0 Å². The fourth-order valence-corrected chi connectivity index (χ4v) is 1.64. The molecule has 0 radical (unpaired) electrons. The van der Waals surface area contributed by atoms with Gasteiger partial charge in [-0.2, -0.15) is 0 Å². The lowest BCUT2D eigenvalue weighted by Crippen LogP contribution is -2.12. The number of ether oxygens (including phenoxy) is 1.